The van der Waals surface area contributed by atoms with Crippen molar-refractivity contribution in [2.75, 3.05) is 7.11 Å². The van der Waals surface area contributed by atoms with Gasteiger partial charge in [-0.05, 0) is 13.0 Å². The van der Waals surface area contributed by atoms with Gasteiger partial charge < -0.3 is 4.74 Å². The summed E-state index contributed by atoms with van der Waals surface area (Å²) >= 11 is 1.49. The number of hydrogen-bond donors (Lipinski definition) is 0. The van der Waals surface area contributed by atoms with Crippen LogP contribution in [-0.2, 0) is 9.53 Å². The van der Waals surface area contributed by atoms with Crippen LogP contribution in [0.15, 0.2) is 17.4 Å². The summed E-state index contributed by atoms with van der Waals surface area (Å²) in [5, 5.41) is 0.789. The summed E-state index contributed by atoms with van der Waals surface area (Å²) in [5.74, 6) is -0.369. The standard InChI is InChI=1S/C11H16N2O2S/c1-7-5-6-12-11(13-7)16-9(3)8(2)10(14)15-4/h5-6,8-9H,1-4H3. The molecule has 0 amide bonds. The molecule has 2 unspecified atom stereocenters. The van der Waals surface area contributed by atoms with E-state index in [1.165, 1.54) is 18.9 Å². The van der Waals surface area contributed by atoms with Crippen LogP contribution in [0.5, 0.6) is 0 Å². The lowest BCUT2D eigenvalue weighted by Gasteiger charge is -2.16. The number of aromatic nitrogens is 2. The second kappa shape index (κ2) is 5.84. The van der Waals surface area contributed by atoms with Gasteiger partial charge in [0.05, 0.1) is 13.0 Å². The van der Waals surface area contributed by atoms with Gasteiger partial charge in [0.2, 0.25) is 0 Å². The molecule has 0 N–H and O–H groups in total. The molecule has 0 spiro atoms. The molecule has 2 atom stereocenters. The van der Waals surface area contributed by atoms with Crippen molar-refractivity contribution in [3.63, 3.8) is 0 Å². The molecule has 0 saturated heterocycles. The molecule has 0 aliphatic carbocycles. The third-order valence-electron chi connectivity index (χ3n) is 2.34. The first-order chi connectivity index (χ1) is 7.54. The number of ether oxygens (including phenoxy) is 1. The topological polar surface area (TPSA) is 52.1 Å². The Hall–Kier alpha value is -1.10. The summed E-state index contributed by atoms with van der Waals surface area (Å²) in [4.78, 5) is 19.8. The first-order valence-corrected chi connectivity index (χ1v) is 5.96. The first-order valence-electron chi connectivity index (χ1n) is 5.08. The molecule has 5 heteroatoms. The number of carbonyl (C=O) groups excluding carboxylic acids is 1. The summed E-state index contributed by atoms with van der Waals surface area (Å²) < 4.78 is 4.70. The Labute approximate surface area is 99.8 Å². The number of thioether (sulfide) groups is 1. The molecule has 0 aliphatic rings. The van der Waals surface area contributed by atoms with Crippen LogP contribution in [0.1, 0.15) is 19.5 Å². The maximum atomic E-state index is 11.3. The molecule has 4 nitrogen and oxygen atoms in total. The van der Waals surface area contributed by atoms with Crippen LogP contribution in [0.3, 0.4) is 0 Å². The van der Waals surface area contributed by atoms with E-state index in [4.69, 9.17) is 4.74 Å². The van der Waals surface area contributed by atoms with E-state index in [0.29, 0.717) is 5.16 Å². The van der Waals surface area contributed by atoms with E-state index >= 15 is 0 Å². The third-order valence-corrected chi connectivity index (χ3v) is 3.53. The van der Waals surface area contributed by atoms with Crippen LogP contribution in [0.2, 0.25) is 0 Å². The molecule has 0 fully saturated rings. The van der Waals surface area contributed by atoms with Crippen molar-refractivity contribution < 1.29 is 9.53 Å². The monoisotopic (exact) mass is 240 g/mol. The van der Waals surface area contributed by atoms with Crippen molar-refractivity contribution in [3.8, 4) is 0 Å². The summed E-state index contributed by atoms with van der Waals surface area (Å²) in [6, 6.07) is 1.85. The van der Waals surface area contributed by atoms with Gasteiger partial charge in [-0.2, -0.15) is 0 Å². The Morgan fingerprint density at radius 1 is 1.50 bits per heavy atom. The minimum atomic E-state index is -0.201. The molecular weight excluding hydrogens is 224 g/mol. The number of carbonyl (C=O) groups is 1. The normalized spacial score (nSPS) is 14.2. The Morgan fingerprint density at radius 3 is 2.75 bits per heavy atom. The summed E-state index contributed by atoms with van der Waals surface area (Å²) in [6.07, 6.45) is 1.72. The molecule has 0 aromatic carbocycles. The summed E-state index contributed by atoms with van der Waals surface area (Å²) in [7, 11) is 1.40. The minimum absolute atomic E-state index is 0.0919. The van der Waals surface area contributed by atoms with Crippen molar-refractivity contribution in [1.29, 1.82) is 0 Å². The van der Waals surface area contributed by atoms with Crippen LogP contribution < -0.4 is 0 Å². The SMILES string of the molecule is COC(=O)C(C)C(C)Sc1nccc(C)n1. The van der Waals surface area contributed by atoms with Gasteiger partial charge in [0.15, 0.2) is 5.16 Å². The lowest BCUT2D eigenvalue weighted by Crippen LogP contribution is -2.22. The van der Waals surface area contributed by atoms with Crippen LogP contribution in [-0.4, -0.2) is 28.3 Å². The zero-order chi connectivity index (χ0) is 12.1. The molecule has 0 radical (unpaired) electrons. The molecule has 16 heavy (non-hydrogen) atoms. The Morgan fingerprint density at radius 2 is 2.19 bits per heavy atom. The molecule has 0 bridgehead atoms. The van der Waals surface area contributed by atoms with Crippen molar-refractivity contribution in [2.24, 2.45) is 5.92 Å². The number of esters is 1. The minimum Gasteiger partial charge on any atom is -0.469 e. The molecule has 0 saturated carbocycles. The summed E-state index contributed by atoms with van der Waals surface area (Å²) in [5.41, 5.74) is 0.926. The lowest BCUT2D eigenvalue weighted by atomic mass is 10.1. The van der Waals surface area contributed by atoms with E-state index in [9.17, 15) is 4.79 Å². The Kier molecular flexibility index (Phi) is 4.73. The van der Waals surface area contributed by atoms with Gasteiger partial charge in [0.1, 0.15) is 0 Å². The lowest BCUT2D eigenvalue weighted by molar-refractivity contribution is -0.144. The molecular formula is C11H16N2O2S. The predicted octanol–water partition coefficient (Wildman–Crippen LogP) is 2.07. The quantitative estimate of drug-likeness (QED) is 0.458. The van der Waals surface area contributed by atoms with Gasteiger partial charge in [-0.25, -0.2) is 9.97 Å². The van der Waals surface area contributed by atoms with Gasteiger partial charge in [0.25, 0.3) is 0 Å². The van der Waals surface area contributed by atoms with E-state index in [1.54, 1.807) is 6.20 Å². The average Bonchev–Trinajstić information content (AvgIpc) is 2.27. The average molecular weight is 240 g/mol. The van der Waals surface area contributed by atoms with Crippen LogP contribution in [0, 0.1) is 12.8 Å². The number of methoxy groups -OCH3 is 1. The highest BCUT2D eigenvalue weighted by Gasteiger charge is 2.22. The second-order valence-electron chi connectivity index (χ2n) is 3.62. The molecule has 1 rings (SSSR count). The molecule has 88 valence electrons. The van der Waals surface area contributed by atoms with Gasteiger partial charge in [-0.3, -0.25) is 4.79 Å². The van der Waals surface area contributed by atoms with Gasteiger partial charge in [0, 0.05) is 17.1 Å². The number of aryl methyl sites for hydroxylation is 1. The maximum Gasteiger partial charge on any atom is 0.309 e. The fourth-order valence-corrected chi connectivity index (χ4v) is 2.09. The second-order valence-corrected chi connectivity index (χ2v) is 4.96. The smallest absolute Gasteiger partial charge is 0.309 e. The van der Waals surface area contributed by atoms with E-state index in [0.717, 1.165) is 5.69 Å². The maximum absolute atomic E-state index is 11.3. The Bertz CT molecular complexity index is 371. The van der Waals surface area contributed by atoms with Crippen molar-refractivity contribution in [1.82, 2.24) is 9.97 Å². The first kappa shape index (κ1) is 13.0. The van der Waals surface area contributed by atoms with Crippen molar-refractivity contribution >= 4 is 17.7 Å². The zero-order valence-electron chi connectivity index (χ0n) is 9.93. The van der Waals surface area contributed by atoms with Crippen LogP contribution in [0.4, 0.5) is 0 Å². The van der Waals surface area contributed by atoms with Crippen molar-refractivity contribution in [2.45, 2.75) is 31.2 Å². The number of nitrogens with zero attached hydrogens (tertiary/aromatic N) is 2. The fraction of sp³-hybridized carbons (Fsp3) is 0.545. The van der Waals surface area contributed by atoms with Gasteiger partial charge >= 0.3 is 5.97 Å². The Balaban J connectivity index is 2.64. The van der Waals surface area contributed by atoms with E-state index in [2.05, 4.69) is 9.97 Å². The highest BCUT2D eigenvalue weighted by Crippen LogP contribution is 2.25. The largest absolute Gasteiger partial charge is 0.469 e. The predicted molar refractivity (Wildman–Crippen MR) is 63.3 cm³/mol. The van der Waals surface area contributed by atoms with Crippen LogP contribution in [0.25, 0.3) is 0 Å². The fourth-order valence-electron chi connectivity index (χ4n) is 1.13. The summed E-state index contributed by atoms with van der Waals surface area (Å²) in [6.45, 7) is 5.73. The number of rotatable bonds is 4. The number of hydrogen-bond acceptors (Lipinski definition) is 5. The molecule has 1 aromatic rings. The van der Waals surface area contributed by atoms with Gasteiger partial charge in [-0.1, -0.05) is 25.6 Å². The highest BCUT2D eigenvalue weighted by atomic mass is 32.2. The van der Waals surface area contributed by atoms with E-state index in [1.807, 2.05) is 26.8 Å². The van der Waals surface area contributed by atoms with Gasteiger partial charge in [-0.15, -0.1) is 0 Å². The van der Waals surface area contributed by atoms with E-state index in [-0.39, 0.29) is 17.1 Å². The zero-order valence-corrected chi connectivity index (χ0v) is 10.7. The highest BCUT2D eigenvalue weighted by molar-refractivity contribution is 7.99. The van der Waals surface area contributed by atoms with Crippen LogP contribution >= 0.6 is 11.8 Å². The molecule has 1 heterocycles. The molecule has 1 aromatic heterocycles. The van der Waals surface area contributed by atoms with E-state index < -0.39 is 0 Å². The molecule has 0 aliphatic heterocycles. The third kappa shape index (κ3) is 3.48. The van der Waals surface area contributed by atoms with Crippen molar-refractivity contribution in [3.05, 3.63) is 18.0 Å².